The molecule has 2 fully saturated rings. The Balaban J connectivity index is 1.79. The number of methoxy groups -OCH3 is 1. The summed E-state index contributed by atoms with van der Waals surface area (Å²) >= 11 is 0. The van der Waals surface area contributed by atoms with Crippen molar-refractivity contribution < 1.29 is 9.53 Å². The average molecular weight is 296 g/mol. The normalized spacial score (nSPS) is 23.3. The lowest BCUT2D eigenvalue weighted by molar-refractivity contribution is 0.0705. The Morgan fingerprint density at radius 2 is 2.18 bits per heavy atom. The number of pyridine rings is 1. The van der Waals surface area contributed by atoms with Crippen molar-refractivity contribution in [3.63, 3.8) is 0 Å². The summed E-state index contributed by atoms with van der Waals surface area (Å²) in [5.74, 6) is 1.64. The molecule has 2 aliphatic rings. The molecule has 1 saturated carbocycles. The number of hydrogen-bond donors (Lipinski definition) is 0. The lowest BCUT2D eigenvalue weighted by atomic mass is 10.0. The van der Waals surface area contributed by atoms with Crippen molar-refractivity contribution in [3.8, 4) is 5.75 Å². The Morgan fingerprint density at radius 1 is 1.32 bits per heavy atom. The van der Waals surface area contributed by atoms with Crippen LogP contribution in [0.1, 0.15) is 35.3 Å². The van der Waals surface area contributed by atoms with Gasteiger partial charge < -0.3 is 9.64 Å². The van der Waals surface area contributed by atoms with E-state index in [0.717, 1.165) is 40.9 Å². The summed E-state index contributed by atoms with van der Waals surface area (Å²) in [7, 11) is 1.64. The van der Waals surface area contributed by atoms with Gasteiger partial charge in [0, 0.05) is 29.7 Å². The van der Waals surface area contributed by atoms with E-state index in [0.29, 0.717) is 12.0 Å². The molecule has 0 unspecified atom stereocenters. The molecule has 2 atom stereocenters. The molecule has 1 amide bonds. The molecule has 114 valence electrons. The lowest BCUT2D eigenvalue weighted by Gasteiger charge is -2.27. The number of likely N-dealkylation sites (tertiary alicyclic amines) is 1. The van der Waals surface area contributed by atoms with Gasteiger partial charge in [0.2, 0.25) is 0 Å². The van der Waals surface area contributed by atoms with Gasteiger partial charge in [0.05, 0.1) is 18.2 Å². The smallest absolute Gasteiger partial charge is 0.254 e. The van der Waals surface area contributed by atoms with E-state index in [1.807, 2.05) is 31.2 Å². The first-order chi connectivity index (χ1) is 10.7. The first kappa shape index (κ1) is 13.6. The summed E-state index contributed by atoms with van der Waals surface area (Å²) in [5, 5.41) is 0.916. The number of amides is 1. The van der Waals surface area contributed by atoms with E-state index >= 15 is 0 Å². The fraction of sp³-hybridized carbons (Fsp3) is 0.444. The van der Waals surface area contributed by atoms with E-state index in [2.05, 4.69) is 9.88 Å². The van der Waals surface area contributed by atoms with Gasteiger partial charge in [-0.3, -0.25) is 9.78 Å². The van der Waals surface area contributed by atoms with E-state index in [1.165, 1.54) is 12.8 Å². The Hall–Kier alpha value is -2.10. The first-order valence-corrected chi connectivity index (χ1v) is 7.92. The summed E-state index contributed by atoms with van der Waals surface area (Å²) in [6.45, 7) is 2.86. The van der Waals surface area contributed by atoms with Crippen molar-refractivity contribution >= 4 is 16.8 Å². The van der Waals surface area contributed by atoms with Crippen LogP contribution in [0.15, 0.2) is 24.3 Å². The second kappa shape index (κ2) is 4.97. The SMILES string of the molecule is COc1ccc2c(C(=O)N3C[C@H]4CC[C@H]3C4)cc(C)nc2c1. The highest BCUT2D eigenvalue weighted by atomic mass is 16.5. The molecular weight excluding hydrogens is 276 g/mol. The number of rotatable bonds is 2. The van der Waals surface area contributed by atoms with Crippen LogP contribution in [0.3, 0.4) is 0 Å². The minimum atomic E-state index is 0.160. The van der Waals surface area contributed by atoms with Gasteiger partial charge in [0.15, 0.2) is 0 Å². The molecule has 2 heterocycles. The summed E-state index contributed by atoms with van der Waals surface area (Å²) < 4.78 is 5.27. The topological polar surface area (TPSA) is 42.4 Å². The van der Waals surface area contributed by atoms with Gasteiger partial charge in [0.1, 0.15) is 5.75 Å². The minimum Gasteiger partial charge on any atom is -0.497 e. The van der Waals surface area contributed by atoms with Crippen LogP contribution in [0, 0.1) is 12.8 Å². The van der Waals surface area contributed by atoms with Crippen LogP contribution in [0.25, 0.3) is 10.9 Å². The third-order valence-electron chi connectivity index (χ3n) is 5.05. The first-order valence-electron chi connectivity index (χ1n) is 7.92. The molecular formula is C18H20N2O2. The molecule has 0 spiro atoms. The van der Waals surface area contributed by atoms with E-state index < -0.39 is 0 Å². The number of carbonyl (C=O) groups excluding carboxylic acids is 1. The number of carbonyl (C=O) groups is 1. The summed E-state index contributed by atoms with van der Waals surface area (Å²) in [6, 6.07) is 8.10. The van der Waals surface area contributed by atoms with Crippen molar-refractivity contribution in [3.05, 3.63) is 35.5 Å². The van der Waals surface area contributed by atoms with Crippen LogP contribution < -0.4 is 4.74 Å². The monoisotopic (exact) mass is 296 g/mol. The Labute approximate surface area is 130 Å². The van der Waals surface area contributed by atoms with Gasteiger partial charge >= 0.3 is 0 Å². The minimum absolute atomic E-state index is 0.160. The Bertz CT molecular complexity index is 756. The third-order valence-corrected chi connectivity index (χ3v) is 5.05. The van der Waals surface area contributed by atoms with Crippen LogP contribution in [-0.2, 0) is 0 Å². The molecule has 2 bridgehead atoms. The van der Waals surface area contributed by atoms with Crippen LogP contribution in [0.2, 0.25) is 0 Å². The van der Waals surface area contributed by atoms with Crippen molar-refractivity contribution in [2.24, 2.45) is 5.92 Å². The van der Waals surface area contributed by atoms with Gasteiger partial charge in [-0.25, -0.2) is 0 Å². The summed E-state index contributed by atoms with van der Waals surface area (Å²) in [6.07, 6.45) is 3.62. The van der Waals surface area contributed by atoms with E-state index in [9.17, 15) is 4.79 Å². The molecule has 4 rings (SSSR count). The zero-order valence-corrected chi connectivity index (χ0v) is 13.0. The molecule has 22 heavy (non-hydrogen) atoms. The summed E-state index contributed by atoms with van der Waals surface area (Å²) in [4.78, 5) is 19.7. The largest absolute Gasteiger partial charge is 0.497 e. The standard InChI is InChI=1S/C18H20N2O2/c1-11-7-16(15-6-5-14(22-2)9-17(15)19-11)18(21)20-10-12-3-4-13(20)8-12/h5-7,9,12-13H,3-4,8,10H2,1-2H3/t12-,13-/m0/s1. The van der Waals surface area contributed by atoms with E-state index in [4.69, 9.17) is 4.74 Å². The maximum atomic E-state index is 13.0. The second-order valence-electron chi connectivity index (χ2n) is 6.48. The fourth-order valence-corrected chi connectivity index (χ4v) is 3.97. The molecule has 4 heteroatoms. The molecule has 4 nitrogen and oxygen atoms in total. The molecule has 1 aliphatic carbocycles. The highest BCUT2D eigenvalue weighted by molar-refractivity contribution is 6.06. The average Bonchev–Trinajstić information content (AvgIpc) is 3.15. The van der Waals surface area contributed by atoms with Gasteiger partial charge in [-0.1, -0.05) is 0 Å². The van der Waals surface area contributed by atoms with E-state index in [1.54, 1.807) is 7.11 Å². The maximum Gasteiger partial charge on any atom is 0.254 e. The molecule has 1 aromatic carbocycles. The number of ether oxygens (including phenoxy) is 1. The number of aryl methyl sites for hydroxylation is 1. The molecule has 1 saturated heterocycles. The summed E-state index contributed by atoms with van der Waals surface area (Å²) in [5.41, 5.74) is 2.47. The van der Waals surface area contributed by atoms with Crippen LogP contribution in [0.4, 0.5) is 0 Å². The Kier molecular flexibility index (Phi) is 3.06. The van der Waals surface area contributed by atoms with Crippen molar-refractivity contribution in [1.29, 1.82) is 0 Å². The molecule has 1 aromatic heterocycles. The number of hydrogen-bond acceptors (Lipinski definition) is 3. The highest BCUT2D eigenvalue weighted by Gasteiger charge is 2.40. The Morgan fingerprint density at radius 3 is 2.86 bits per heavy atom. The predicted octanol–water partition coefficient (Wildman–Crippen LogP) is 3.18. The van der Waals surface area contributed by atoms with Crippen molar-refractivity contribution in [1.82, 2.24) is 9.88 Å². The molecule has 0 radical (unpaired) electrons. The number of nitrogens with zero attached hydrogens (tertiary/aromatic N) is 2. The maximum absolute atomic E-state index is 13.0. The quantitative estimate of drug-likeness (QED) is 0.855. The van der Waals surface area contributed by atoms with Gasteiger partial charge in [-0.05, 0) is 50.3 Å². The second-order valence-corrected chi connectivity index (χ2v) is 6.48. The zero-order chi connectivity index (χ0) is 15.3. The predicted molar refractivity (Wildman–Crippen MR) is 85.2 cm³/mol. The fourth-order valence-electron chi connectivity index (χ4n) is 3.97. The van der Waals surface area contributed by atoms with Gasteiger partial charge in [-0.2, -0.15) is 0 Å². The highest BCUT2D eigenvalue weighted by Crippen LogP contribution is 2.38. The number of aromatic nitrogens is 1. The van der Waals surface area contributed by atoms with Crippen molar-refractivity contribution in [2.45, 2.75) is 32.2 Å². The molecule has 1 aliphatic heterocycles. The van der Waals surface area contributed by atoms with Crippen molar-refractivity contribution in [2.75, 3.05) is 13.7 Å². The van der Waals surface area contributed by atoms with Gasteiger partial charge in [-0.15, -0.1) is 0 Å². The lowest BCUT2D eigenvalue weighted by Crippen LogP contribution is -2.37. The van der Waals surface area contributed by atoms with Crippen LogP contribution in [-0.4, -0.2) is 35.5 Å². The number of fused-ring (bicyclic) bond motifs is 3. The third kappa shape index (κ3) is 2.05. The van der Waals surface area contributed by atoms with E-state index in [-0.39, 0.29) is 5.91 Å². The molecule has 0 N–H and O–H groups in total. The van der Waals surface area contributed by atoms with Gasteiger partial charge in [0.25, 0.3) is 5.91 Å². The van der Waals surface area contributed by atoms with Crippen LogP contribution in [0.5, 0.6) is 5.75 Å². The zero-order valence-electron chi connectivity index (χ0n) is 13.0. The number of benzene rings is 1. The molecule has 2 aromatic rings. The van der Waals surface area contributed by atoms with Crippen LogP contribution >= 0.6 is 0 Å². The number of piperidine rings is 1.